The zero-order valence-corrected chi connectivity index (χ0v) is 9.41. The second-order valence-corrected chi connectivity index (χ2v) is 3.18. The summed E-state index contributed by atoms with van der Waals surface area (Å²) in [7, 11) is 0. The van der Waals surface area contributed by atoms with Crippen LogP contribution >= 0.6 is 0 Å². The third kappa shape index (κ3) is 5.39. The first-order valence-corrected chi connectivity index (χ1v) is 5.21. The summed E-state index contributed by atoms with van der Waals surface area (Å²) in [4.78, 5) is 0. The minimum absolute atomic E-state index is 0.215. The summed E-state index contributed by atoms with van der Waals surface area (Å²) >= 11 is 0. The number of nitrogens with one attached hydrogen (secondary N) is 1. The Morgan fingerprint density at radius 1 is 1.35 bits per heavy atom. The van der Waals surface area contributed by atoms with Crippen LogP contribution in [0.25, 0.3) is 0 Å². The van der Waals surface area contributed by atoms with Gasteiger partial charge in [-0.15, -0.1) is 6.42 Å². The molecule has 0 radical (unpaired) electrons. The maximum atomic E-state index is 13.2. The molecular weight excluding hydrogens is 215 g/mol. The van der Waals surface area contributed by atoms with Crippen LogP contribution in [0.3, 0.4) is 0 Å². The lowest BCUT2D eigenvalue weighted by Crippen LogP contribution is -2.06. The van der Waals surface area contributed by atoms with Gasteiger partial charge in [-0.05, 0) is 11.6 Å². The summed E-state index contributed by atoms with van der Waals surface area (Å²) in [5, 5.41) is 3.91. The van der Waals surface area contributed by atoms with Gasteiger partial charge in [0.15, 0.2) is 0 Å². The molecule has 0 aliphatic carbocycles. The molecule has 17 heavy (non-hydrogen) atoms. The van der Waals surface area contributed by atoms with Crippen LogP contribution in [0.5, 0.6) is 0 Å². The Balaban J connectivity index is 2.26. The molecule has 0 saturated carbocycles. The highest BCUT2D eigenvalue weighted by Crippen LogP contribution is 2.05. The lowest BCUT2D eigenvalue weighted by Gasteiger charge is -1.97. The van der Waals surface area contributed by atoms with Gasteiger partial charge in [-0.25, -0.2) is 4.39 Å². The Morgan fingerprint density at radius 2 is 2.18 bits per heavy atom. The van der Waals surface area contributed by atoms with E-state index in [1.165, 1.54) is 6.07 Å². The van der Waals surface area contributed by atoms with E-state index in [0.29, 0.717) is 24.9 Å². The maximum Gasteiger partial charge on any atom is 0.126 e. The van der Waals surface area contributed by atoms with Gasteiger partial charge >= 0.3 is 0 Å². The summed E-state index contributed by atoms with van der Waals surface area (Å²) in [6.45, 7) is 0.440. The Morgan fingerprint density at radius 3 is 2.94 bits per heavy atom. The van der Waals surface area contributed by atoms with Crippen molar-refractivity contribution in [3.8, 4) is 24.2 Å². The van der Waals surface area contributed by atoms with Gasteiger partial charge in [0.25, 0.3) is 0 Å². The van der Waals surface area contributed by atoms with Gasteiger partial charge in [0, 0.05) is 12.6 Å². The molecule has 0 spiro atoms. The molecule has 0 aliphatic rings. The molecule has 1 aromatic rings. The molecule has 1 rings (SSSR count). The van der Waals surface area contributed by atoms with Crippen molar-refractivity contribution in [1.82, 2.24) is 5.43 Å². The molecule has 0 fully saturated rings. The van der Waals surface area contributed by atoms with Crippen LogP contribution in [-0.2, 0) is 6.42 Å². The Labute approximate surface area is 101 Å². The lowest BCUT2D eigenvalue weighted by molar-refractivity contribution is 0.616. The van der Waals surface area contributed by atoms with Crippen LogP contribution in [0, 0.1) is 30.0 Å². The van der Waals surface area contributed by atoms with Crippen molar-refractivity contribution in [1.29, 1.82) is 0 Å². The molecule has 1 aromatic carbocycles. The minimum Gasteiger partial charge on any atom is -0.298 e. The molecule has 2 nitrogen and oxygen atoms in total. The smallest absolute Gasteiger partial charge is 0.126 e. The van der Waals surface area contributed by atoms with Gasteiger partial charge in [-0.2, -0.15) is 5.10 Å². The predicted octanol–water partition coefficient (Wildman–Crippen LogP) is 1.97. The van der Waals surface area contributed by atoms with Gasteiger partial charge in [-0.3, -0.25) is 5.43 Å². The SMILES string of the molecule is C#CCC#CCN/N=C/Cc1ccccc1F. The van der Waals surface area contributed by atoms with Gasteiger partial charge in [-0.1, -0.05) is 36.0 Å². The van der Waals surface area contributed by atoms with Crippen LogP contribution in [0.2, 0.25) is 0 Å². The predicted molar refractivity (Wildman–Crippen MR) is 67.8 cm³/mol. The fraction of sp³-hybridized carbons (Fsp3) is 0.214. The number of nitrogens with zero attached hydrogens (tertiary/aromatic N) is 1. The normalized spacial score (nSPS) is 9.41. The third-order valence-corrected chi connectivity index (χ3v) is 1.93. The van der Waals surface area contributed by atoms with E-state index in [-0.39, 0.29) is 5.82 Å². The van der Waals surface area contributed by atoms with Gasteiger partial charge in [0.05, 0.1) is 13.0 Å². The zero-order chi connectivity index (χ0) is 12.3. The Kier molecular flexibility index (Phi) is 6.00. The van der Waals surface area contributed by atoms with Crippen molar-refractivity contribution in [2.45, 2.75) is 12.8 Å². The van der Waals surface area contributed by atoms with Crippen molar-refractivity contribution in [3.63, 3.8) is 0 Å². The van der Waals surface area contributed by atoms with E-state index < -0.39 is 0 Å². The fourth-order valence-electron chi connectivity index (χ4n) is 1.13. The first-order valence-electron chi connectivity index (χ1n) is 5.21. The molecule has 0 unspecified atom stereocenters. The monoisotopic (exact) mass is 228 g/mol. The van der Waals surface area contributed by atoms with Crippen molar-refractivity contribution >= 4 is 6.21 Å². The first kappa shape index (κ1) is 12.8. The Hall–Kier alpha value is -2.26. The third-order valence-electron chi connectivity index (χ3n) is 1.93. The molecule has 0 atom stereocenters. The largest absolute Gasteiger partial charge is 0.298 e. The minimum atomic E-state index is -0.215. The maximum absolute atomic E-state index is 13.2. The number of rotatable bonds is 4. The fourth-order valence-corrected chi connectivity index (χ4v) is 1.13. The van der Waals surface area contributed by atoms with Crippen LogP contribution in [0.4, 0.5) is 4.39 Å². The number of hydrazone groups is 1. The van der Waals surface area contributed by atoms with E-state index in [9.17, 15) is 4.39 Å². The molecule has 1 N–H and O–H groups in total. The van der Waals surface area contributed by atoms with Crippen LogP contribution in [0.15, 0.2) is 29.4 Å². The van der Waals surface area contributed by atoms with Crippen LogP contribution in [0.1, 0.15) is 12.0 Å². The van der Waals surface area contributed by atoms with Crippen LogP contribution in [-0.4, -0.2) is 12.8 Å². The quantitative estimate of drug-likeness (QED) is 0.362. The van der Waals surface area contributed by atoms with E-state index in [1.54, 1.807) is 24.4 Å². The summed E-state index contributed by atoms with van der Waals surface area (Å²) in [5.74, 6) is 7.78. The topological polar surface area (TPSA) is 24.4 Å². The molecule has 86 valence electrons. The van der Waals surface area contributed by atoms with Crippen molar-refractivity contribution in [2.24, 2.45) is 5.10 Å². The van der Waals surface area contributed by atoms with E-state index >= 15 is 0 Å². The number of hydrogen-bond acceptors (Lipinski definition) is 2. The molecule has 0 aliphatic heterocycles. The molecule has 0 bridgehead atoms. The second kappa shape index (κ2) is 7.96. The molecule has 0 saturated heterocycles. The van der Waals surface area contributed by atoms with Crippen LogP contribution < -0.4 is 5.43 Å². The van der Waals surface area contributed by atoms with Crippen molar-refractivity contribution < 1.29 is 4.39 Å². The number of terminal acetylenes is 1. The molecule has 0 amide bonds. The van der Waals surface area contributed by atoms with Gasteiger partial charge < -0.3 is 0 Å². The summed E-state index contributed by atoms with van der Waals surface area (Å²) in [6.07, 6.45) is 7.54. The van der Waals surface area contributed by atoms with E-state index in [0.717, 1.165) is 0 Å². The summed E-state index contributed by atoms with van der Waals surface area (Å²) in [5.41, 5.74) is 3.36. The standard InChI is InChI=1S/C14H13FN2/c1-2-3-4-7-11-16-17-12-10-13-8-5-6-9-14(13)15/h1,5-6,8-9,12,16H,3,10-11H2/b17-12+. The van der Waals surface area contributed by atoms with Crippen molar-refractivity contribution in [3.05, 3.63) is 35.6 Å². The average molecular weight is 228 g/mol. The number of halogens is 1. The van der Waals surface area contributed by atoms with Gasteiger partial charge in [0.2, 0.25) is 0 Å². The number of benzene rings is 1. The first-order chi connectivity index (χ1) is 8.34. The molecular formula is C14H13FN2. The van der Waals surface area contributed by atoms with E-state index in [1.807, 2.05) is 0 Å². The zero-order valence-electron chi connectivity index (χ0n) is 9.41. The lowest BCUT2D eigenvalue weighted by atomic mass is 10.1. The Bertz CT molecular complexity index is 475. The average Bonchev–Trinajstić information content (AvgIpc) is 2.35. The highest BCUT2D eigenvalue weighted by molar-refractivity contribution is 5.61. The summed E-state index contributed by atoms with van der Waals surface area (Å²) < 4.78 is 13.2. The molecule has 0 heterocycles. The molecule has 3 heteroatoms. The second-order valence-electron chi connectivity index (χ2n) is 3.18. The van der Waals surface area contributed by atoms with E-state index in [2.05, 4.69) is 28.3 Å². The number of hydrogen-bond donors (Lipinski definition) is 1. The van der Waals surface area contributed by atoms with Gasteiger partial charge in [0.1, 0.15) is 5.82 Å². The summed E-state index contributed by atoms with van der Waals surface area (Å²) in [6, 6.07) is 6.62. The highest BCUT2D eigenvalue weighted by atomic mass is 19.1. The highest BCUT2D eigenvalue weighted by Gasteiger charge is 1.96. The van der Waals surface area contributed by atoms with E-state index in [4.69, 9.17) is 6.42 Å². The molecule has 0 aromatic heterocycles. The van der Waals surface area contributed by atoms with Crippen molar-refractivity contribution in [2.75, 3.05) is 6.54 Å².